The summed E-state index contributed by atoms with van der Waals surface area (Å²) in [5.41, 5.74) is 6.99. The molecule has 0 aliphatic carbocycles. The van der Waals surface area contributed by atoms with Crippen LogP contribution in [-0.4, -0.2) is 21.5 Å². The van der Waals surface area contributed by atoms with Crippen molar-refractivity contribution in [1.29, 1.82) is 0 Å². The first-order valence-electron chi connectivity index (χ1n) is 6.30. The molecule has 3 N–H and O–H groups in total. The van der Waals surface area contributed by atoms with Gasteiger partial charge in [-0.15, -0.1) is 0 Å². The number of nitrogens with one attached hydrogen (secondary N) is 1. The first-order valence-corrected chi connectivity index (χ1v) is 6.30. The summed E-state index contributed by atoms with van der Waals surface area (Å²) in [6.07, 6.45) is 1.08. The van der Waals surface area contributed by atoms with Crippen LogP contribution in [0.15, 0.2) is 30.5 Å². The number of nitrogen functional groups attached to an aromatic ring is 1. The van der Waals surface area contributed by atoms with Crippen LogP contribution in [0.3, 0.4) is 0 Å². The number of hydrogen-bond donors (Lipinski definition) is 2. The zero-order chi connectivity index (χ0) is 15.2. The average Bonchev–Trinajstić information content (AvgIpc) is 2.46. The molecule has 0 unspecified atom stereocenters. The maximum absolute atomic E-state index is 10.6. The summed E-state index contributed by atoms with van der Waals surface area (Å²) < 4.78 is 5.30. The molecule has 2 rings (SSSR count). The van der Waals surface area contributed by atoms with E-state index in [1.807, 2.05) is 31.2 Å². The third kappa shape index (κ3) is 3.86. The predicted octanol–water partition coefficient (Wildman–Crippen LogP) is 2.25. The minimum atomic E-state index is -0.623. The van der Waals surface area contributed by atoms with E-state index >= 15 is 0 Å². The van der Waals surface area contributed by atoms with Crippen molar-refractivity contribution in [2.75, 3.05) is 17.7 Å². The van der Waals surface area contributed by atoms with Crippen LogP contribution in [-0.2, 0) is 11.3 Å². The second-order valence-corrected chi connectivity index (χ2v) is 4.18. The number of nitrogens with zero attached hydrogens (tertiary/aromatic N) is 3. The molecule has 1 aromatic carbocycles. The van der Waals surface area contributed by atoms with E-state index in [9.17, 15) is 10.1 Å². The number of ether oxygens (including phenoxy) is 1. The lowest BCUT2D eigenvalue weighted by Gasteiger charge is -2.07. The van der Waals surface area contributed by atoms with Crippen molar-refractivity contribution in [3.05, 3.63) is 46.1 Å². The number of nitro groups is 1. The minimum Gasteiger partial charge on any atom is -0.378 e. The van der Waals surface area contributed by atoms with Gasteiger partial charge in [-0.2, -0.15) is 4.98 Å². The number of aromatic nitrogens is 2. The van der Waals surface area contributed by atoms with E-state index in [0.29, 0.717) is 13.2 Å². The molecular formula is C13H15N5O3. The summed E-state index contributed by atoms with van der Waals surface area (Å²) in [7, 11) is 0. The standard InChI is InChI=1S/C13H15N5O3/c1-2-21-8-9-3-5-10(6-4-9)16-13-15-7-11(18(19)20)12(14)17-13/h3-7H,2,8H2,1H3,(H3,14,15,16,17). The zero-order valence-electron chi connectivity index (χ0n) is 11.4. The topological polar surface area (TPSA) is 116 Å². The third-order valence-electron chi connectivity index (χ3n) is 2.68. The maximum atomic E-state index is 10.6. The summed E-state index contributed by atoms with van der Waals surface area (Å²) in [4.78, 5) is 17.7. The van der Waals surface area contributed by atoms with Crippen molar-refractivity contribution in [3.63, 3.8) is 0 Å². The summed E-state index contributed by atoms with van der Waals surface area (Å²) in [5, 5.41) is 13.6. The Bertz CT molecular complexity index is 630. The number of nitrogens with two attached hydrogens (primary N) is 1. The summed E-state index contributed by atoms with van der Waals surface area (Å²) in [5.74, 6) is 0.0288. The van der Waals surface area contributed by atoms with E-state index in [1.165, 1.54) is 0 Å². The van der Waals surface area contributed by atoms with Crippen LogP contribution < -0.4 is 11.1 Å². The molecule has 8 heteroatoms. The molecule has 1 aromatic heterocycles. The van der Waals surface area contributed by atoms with Gasteiger partial charge in [-0.05, 0) is 24.6 Å². The van der Waals surface area contributed by atoms with Crippen LogP contribution in [0.4, 0.5) is 23.1 Å². The van der Waals surface area contributed by atoms with Crippen molar-refractivity contribution in [2.24, 2.45) is 0 Å². The Morgan fingerprint density at radius 1 is 1.38 bits per heavy atom. The fourth-order valence-corrected chi connectivity index (χ4v) is 1.62. The Morgan fingerprint density at radius 3 is 2.67 bits per heavy atom. The third-order valence-corrected chi connectivity index (χ3v) is 2.68. The molecule has 0 radical (unpaired) electrons. The number of hydrogen-bond acceptors (Lipinski definition) is 7. The first-order chi connectivity index (χ1) is 10.1. The highest BCUT2D eigenvalue weighted by atomic mass is 16.6. The van der Waals surface area contributed by atoms with Crippen molar-refractivity contribution >= 4 is 23.1 Å². The molecule has 110 valence electrons. The average molecular weight is 289 g/mol. The molecule has 0 amide bonds. The van der Waals surface area contributed by atoms with Crippen molar-refractivity contribution in [3.8, 4) is 0 Å². The predicted molar refractivity (Wildman–Crippen MR) is 78.2 cm³/mol. The smallest absolute Gasteiger partial charge is 0.329 e. The minimum absolute atomic E-state index is 0.175. The van der Waals surface area contributed by atoms with E-state index in [0.717, 1.165) is 17.4 Å². The van der Waals surface area contributed by atoms with Gasteiger partial charge in [-0.3, -0.25) is 10.1 Å². The molecule has 1 heterocycles. The molecule has 0 saturated heterocycles. The van der Waals surface area contributed by atoms with Crippen LogP contribution in [0.25, 0.3) is 0 Å². The van der Waals surface area contributed by atoms with Gasteiger partial charge in [0.1, 0.15) is 6.20 Å². The molecule has 0 bridgehead atoms. The van der Waals surface area contributed by atoms with E-state index in [4.69, 9.17) is 10.5 Å². The molecule has 21 heavy (non-hydrogen) atoms. The lowest BCUT2D eigenvalue weighted by Crippen LogP contribution is -2.04. The van der Waals surface area contributed by atoms with Crippen LogP contribution in [0, 0.1) is 10.1 Å². The molecule has 0 spiro atoms. The van der Waals surface area contributed by atoms with E-state index in [2.05, 4.69) is 15.3 Å². The van der Waals surface area contributed by atoms with Crippen molar-refractivity contribution in [1.82, 2.24) is 9.97 Å². The Labute approximate surface area is 121 Å². The molecule has 0 saturated carbocycles. The Morgan fingerprint density at radius 2 is 2.10 bits per heavy atom. The number of rotatable bonds is 6. The van der Waals surface area contributed by atoms with Gasteiger partial charge in [0.25, 0.3) is 0 Å². The second-order valence-electron chi connectivity index (χ2n) is 4.18. The van der Waals surface area contributed by atoms with E-state index in [-0.39, 0.29) is 17.5 Å². The Kier molecular flexibility index (Phi) is 4.62. The largest absolute Gasteiger partial charge is 0.378 e. The van der Waals surface area contributed by atoms with Gasteiger partial charge in [0, 0.05) is 12.3 Å². The van der Waals surface area contributed by atoms with Gasteiger partial charge in [0.15, 0.2) is 0 Å². The highest BCUT2D eigenvalue weighted by molar-refractivity contribution is 5.58. The van der Waals surface area contributed by atoms with E-state index < -0.39 is 4.92 Å². The SMILES string of the molecule is CCOCc1ccc(Nc2ncc([N+](=O)[O-])c(N)n2)cc1. The van der Waals surface area contributed by atoms with E-state index in [1.54, 1.807) is 0 Å². The van der Waals surface area contributed by atoms with Crippen LogP contribution >= 0.6 is 0 Å². The van der Waals surface area contributed by atoms with Gasteiger partial charge in [0.2, 0.25) is 11.8 Å². The molecule has 0 aliphatic heterocycles. The van der Waals surface area contributed by atoms with Gasteiger partial charge in [0.05, 0.1) is 11.5 Å². The van der Waals surface area contributed by atoms with Crippen molar-refractivity contribution in [2.45, 2.75) is 13.5 Å². The van der Waals surface area contributed by atoms with Gasteiger partial charge in [-0.1, -0.05) is 12.1 Å². The van der Waals surface area contributed by atoms with Crippen molar-refractivity contribution < 1.29 is 9.66 Å². The lowest BCUT2D eigenvalue weighted by molar-refractivity contribution is -0.384. The van der Waals surface area contributed by atoms with Gasteiger partial charge < -0.3 is 15.8 Å². The second kappa shape index (κ2) is 6.62. The van der Waals surface area contributed by atoms with Gasteiger partial charge in [-0.25, -0.2) is 4.98 Å². The fraction of sp³-hybridized carbons (Fsp3) is 0.231. The highest BCUT2D eigenvalue weighted by Crippen LogP contribution is 2.20. The number of benzene rings is 1. The maximum Gasteiger partial charge on any atom is 0.329 e. The van der Waals surface area contributed by atoms with Crippen LogP contribution in [0.2, 0.25) is 0 Å². The monoisotopic (exact) mass is 289 g/mol. The van der Waals surface area contributed by atoms with Crippen LogP contribution in [0.5, 0.6) is 0 Å². The highest BCUT2D eigenvalue weighted by Gasteiger charge is 2.14. The fourth-order valence-electron chi connectivity index (χ4n) is 1.62. The van der Waals surface area contributed by atoms with Gasteiger partial charge >= 0.3 is 5.69 Å². The first kappa shape index (κ1) is 14.7. The molecule has 0 aliphatic rings. The molecule has 0 fully saturated rings. The zero-order valence-corrected chi connectivity index (χ0v) is 11.4. The summed E-state index contributed by atoms with van der Waals surface area (Å²) >= 11 is 0. The lowest BCUT2D eigenvalue weighted by atomic mass is 10.2. The Balaban J connectivity index is 2.07. The molecule has 2 aromatic rings. The summed E-state index contributed by atoms with van der Waals surface area (Å²) in [6.45, 7) is 3.15. The molecular weight excluding hydrogens is 274 g/mol. The normalized spacial score (nSPS) is 10.3. The molecule has 8 nitrogen and oxygen atoms in total. The number of anilines is 3. The Hall–Kier alpha value is -2.74. The molecule has 0 atom stereocenters. The quantitative estimate of drug-likeness (QED) is 0.618. The summed E-state index contributed by atoms with van der Waals surface area (Å²) in [6, 6.07) is 7.50. The van der Waals surface area contributed by atoms with Crippen LogP contribution in [0.1, 0.15) is 12.5 Å².